The molecule has 1 N–H and O–H groups in total. The predicted molar refractivity (Wildman–Crippen MR) is 107 cm³/mol. The van der Waals surface area contributed by atoms with Gasteiger partial charge in [-0.05, 0) is 24.8 Å². The molecule has 1 aliphatic rings. The number of thioether (sulfide) groups is 1. The third-order valence-electron chi connectivity index (χ3n) is 4.42. The van der Waals surface area contributed by atoms with Gasteiger partial charge in [-0.15, -0.1) is 11.8 Å². The molecular formula is C20H18ClN3O2S. The van der Waals surface area contributed by atoms with Crippen molar-refractivity contribution in [2.24, 2.45) is 0 Å². The highest BCUT2D eigenvalue weighted by atomic mass is 35.5. The molecule has 2 aromatic heterocycles. The zero-order chi connectivity index (χ0) is 19.0. The summed E-state index contributed by atoms with van der Waals surface area (Å²) in [6.45, 7) is 3.90. The van der Waals surface area contributed by atoms with E-state index < -0.39 is 0 Å². The van der Waals surface area contributed by atoms with Crippen molar-refractivity contribution in [1.29, 1.82) is 0 Å². The van der Waals surface area contributed by atoms with Crippen LogP contribution in [0.15, 0.2) is 35.5 Å². The maximum absolute atomic E-state index is 9.68. The lowest BCUT2D eigenvalue weighted by molar-refractivity contribution is 0.278. The van der Waals surface area contributed by atoms with Crippen molar-refractivity contribution >= 4 is 23.4 Å². The molecule has 4 rings (SSSR count). The lowest BCUT2D eigenvalue weighted by atomic mass is 9.99. The second-order valence-electron chi connectivity index (χ2n) is 6.19. The first kappa shape index (κ1) is 18.2. The summed E-state index contributed by atoms with van der Waals surface area (Å²) in [7, 11) is 0. The number of benzene rings is 1. The first-order valence-corrected chi connectivity index (χ1v) is 10.0. The van der Waals surface area contributed by atoms with Crippen LogP contribution in [0, 0.1) is 6.92 Å². The molecule has 138 valence electrons. The van der Waals surface area contributed by atoms with Gasteiger partial charge in [0.25, 0.3) is 0 Å². The van der Waals surface area contributed by atoms with Crippen molar-refractivity contribution < 1.29 is 9.84 Å². The van der Waals surface area contributed by atoms with E-state index in [0.29, 0.717) is 28.9 Å². The minimum absolute atomic E-state index is 0.0774. The molecule has 5 nitrogen and oxygen atoms in total. The van der Waals surface area contributed by atoms with Gasteiger partial charge in [0.1, 0.15) is 5.03 Å². The molecule has 0 atom stereocenters. The van der Waals surface area contributed by atoms with Crippen LogP contribution in [-0.4, -0.2) is 25.8 Å². The SMILES string of the molecule is CCSc1nc(-c2cccc(Cl)c2)nc2c1Cc1c(CO)cnc(C)c1O2. The normalized spacial score (nSPS) is 12.3. The average Bonchev–Trinajstić information content (AvgIpc) is 2.67. The molecule has 3 heterocycles. The van der Waals surface area contributed by atoms with Crippen LogP contribution in [0.3, 0.4) is 0 Å². The first-order valence-electron chi connectivity index (χ1n) is 8.66. The smallest absolute Gasteiger partial charge is 0.227 e. The fourth-order valence-electron chi connectivity index (χ4n) is 3.11. The van der Waals surface area contributed by atoms with Crippen molar-refractivity contribution in [2.75, 3.05) is 5.75 Å². The zero-order valence-electron chi connectivity index (χ0n) is 15.0. The predicted octanol–water partition coefficient (Wildman–Crippen LogP) is 4.80. The Morgan fingerprint density at radius 3 is 2.85 bits per heavy atom. The largest absolute Gasteiger partial charge is 0.436 e. The zero-order valence-corrected chi connectivity index (χ0v) is 16.6. The molecule has 0 fully saturated rings. The lowest BCUT2D eigenvalue weighted by Gasteiger charge is -2.24. The Bertz CT molecular complexity index is 1030. The van der Waals surface area contributed by atoms with E-state index in [1.807, 2.05) is 31.2 Å². The summed E-state index contributed by atoms with van der Waals surface area (Å²) >= 11 is 7.79. The van der Waals surface area contributed by atoms with Crippen molar-refractivity contribution in [3.8, 4) is 23.0 Å². The fourth-order valence-corrected chi connectivity index (χ4v) is 4.06. The minimum atomic E-state index is -0.0774. The quantitative estimate of drug-likeness (QED) is 0.392. The molecule has 27 heavy (non-hydrogen) atoms. The monoisotopic (exact) mass is 399 g/mol. The molecule has 7 heteroatoms. The number of pyridine rings is 1. The Morgan fingerprint density at radius 1 is 1.26 bits per heavy atom. The molecule has 1 aliphatic heterocycles. The summed E-state index contributed by atoms with van der Waals surface area (Å²) in [5, 5.41) is 11.2. The van der Waals surface area contributed by atoms with E-state index in [0.717, 1.165) is 38.7 Å². The van der Waals surface area contributed by atoms with Gasteiger partial charge in [0.15, 0.2) is 11.6 Å². The van der Waals surface area contributed by atoms with Crippen LogP contribution >= 0.6 is 23.4 Å². The number of aliphatic hydroxyl groups excluding tert-OH is 1. The van der Waals surface area contributed by atoms with E-state index in [-0.39, 0.29) is 6.61 Å². The Hall–Kier alpha value is -2.15. The topological polar surface area (TPSA) is 68.1 Å². The summed E-state index contributed by atoms with van der Waals surface area (Å²) in [5.41, 5.74) is 4.29. The second-order valence-corrected chi connectivity index (χ2v) is 7.88. The van der Waals surface area contributed by atoms with Gasteiger partial charge in [-0.3, -0.25) is 4.98 Å². The summed E-state index contributed by atoms with van der Waals surface area (Å²) in [6, 6.07) is 7.48. The number of hydrogen-bond acceptors (Lipinski definition) is 6. The van der Waals surface area contributed by atoms with E-state index in [9.17, 15) is 5.11 Å². The number of fused-ring (bicyclic) bond motifs is 2. The van der Waals surface area contributed by atoms with Crippen LogP contribution in [0.2, 0.25) is 5.02 Å². The highest BCUT2D eigenvalue weighted by Gasteiger charge is 2.27. The summed E-state index contributed by atoms with van der Waals surface area (Å²) < 4.78 is 6.16. The van der Waals surface area contributed by atoms with E-state index >= 15 is 0 Å². The average molecular weight is 400 g/mol. The third kappa shape index (κ3) is 3.40. The van der Waals surface area contributed by atoms with Gasteiger partial charge in [0.2, 0.25) is 5.88 Å². The molecule has 0 spiro atoms. The number of aryl methyl sites for hydroxylation is 1. The van der Waals surface area contributed by atoms with Crippen LogP contribution in [0.5, 0.6) is 11.6 Å². The van der Waals surface area contributed by atoms with Gasteiger partial charge in [0.05, 0.1) is 17.9 Å². The maximum atomic E-state index is 9.68. The molecule has 0 saturated carbocycles. The van der Waals surface area contributed by atoms with Crippen molar-refractivity contribution in [3.63, 3.8) is 0 Å². The Morgan fingerprint density at radius 2 is 2.11 bits per heavy atom. The number of rotatable bonds is 4. The van der Waals surface area contributed by atoms with Crippen LogP contribution in [-0.2, 0) is 13.0 Å². The number of hydrogen-bond donors (Lipinski definition) is 1. The molecule has 3 aromatic rings. The fraction of sp³-hybridized carbons (Fsp3) is 0.250. The van der Waals surface area contributed by atoms with Gasteiger partial charge in [-0.2, -0.15) is 4.98 Å². The number of aromatic nitrogens is 3. The van der Waals surface area contributed by atoms with E-state index in [1.165, 1.54) is 0 Å². The molecular weight excluding hydrogens is 382 g/mol. The Labute approximate surface area is 166 Å². The third-order valence-corrected chi connectivity index (χ3v) is 5.56. The van der Waals surface area contributed by atoms with E-state index in [2.05, 4.69) is 16.9 Å². The van der Waals surface area contributed by atoms with E-state index in [4.69, 9.17) is 21.3 Å². The van der Waals surface area contributed by atoms with Crippen LogP contribution in [0.25, 0.3) is 11.4 Å². The highest BCUT2D eigenvalue weighted by molar-refractivity contribution is 7.99. The maximum Gasteiger partial charge on any atom is 0.227 e. The van der Waals surface area contributed by atoms with Crippen molar-refractivity contribution in [3.05, 3.63) is 57.9 Å². The number of halogens is 1. The standard InChI is InChI=1S/C20H18ClN3O2S/c1-3-27-20-16-8-15-13(10-25)9-22-11(2)17(15)26-19(16)23-18(24-20)12-5-4-6-14(21)7-12/h4-7,9,25H,3,8,10H2,1-2H3. The Kier molecular flexibility index (Phi) is 5.04. The number of nitrogens with zero attached hydrogens (tertiary/aromatic N) is 3. The highest BCUT2D eigenvalue weighted by Crippen LogP contribution is 2.42. The molecule has 1 aromatic carbocycles. The molecule has 0 saturated heterocycles. The molecule has 0 radical (unpaired) electrons. The number of ether oxygens (including phenoxy) is 1. The lowest BCUT2D eigenvalue weighted by Crippen LogP contribution is -2.13. The molecule has 0 bridgehead atoms. The molecule has 0 amide bonds. The van der Waals surface area contributed by atoms with Gasteiger partial charge in [-0.25, -0.2) is 4.98 Å². The molecule has 0 unspecified atom stereocenters. The van der Waals surface area contributed by atoms with Gasteiger partial charge in [0, 0.05) is 34.3 Å². The summed E-state index contributed by atoms with van der Waals surface area (Å²) in [4.78, 5) is 13.8. The van der Waals surface area contributed by atoms with Crippen molar-refractivity contribution in [1.82, 2.24) is 15.0 Å². The minimum Gasteiger partial charge on any atom is -0.436 e. The van der Waals surface area contributed by atoms with Crippen LogP contribution in [0.1, 0.15) is 29.3 Å². The first-order chi connectivity index (χ1) is 13.1. The van der Waals surface area contributed by atoms with Gasteiger partial charge >= 0.3 is 0 Å². The van der Waals surface area contributed by atoms with Crippen molar-refractivity contribution in [2.45, 2.75) is 31.9 Å². The van der Waals surface area contributed by atoms with E-state index in [1.54, 1.807) is 18.0 Å². The number of aliphatic hydroxyl groups is 1. The Balaban J connectivity index is 1.87. The summed E-state index contributed by atoms with van der Waals surface area (Å²) in [5.74, 6) is 2.69. The van der Waals surface area contributed by atoms with Crippen LogP contribution < -0.4 is 4.74 Å². The summed E-state index contributed by atoms with van der Waals surface area (Å²) in [6.07, 6.45) is 2.32. The van der Waals surface area contributed by atoms with Crippen LogP contribution in [0.4, 0.5) is 0 Å². The van der Waals surface area contributed by atoms with Gasteiger partial charge in [-0.1, -0.05) is 30.7 Å². The molecule has 0 aliphatic carbocycles. The second kappa shape index (κ2) is 7.46. The van der Waals surface area contributed by atoms with Gasteiger partial charge < -0.3 is 9.84 Å².